The van der Waals surface area contributed by atoms with E-state index in [9.17, 15) is 4.79 Å². The third kappa shape index (κ3) is 3.32. The van der Waals surface area contributed by atoms with Crippen molar-refractivity contribution in [2.45, 2.75) is 0 Å². The number of benzene rings is 2. The summed E-state index contributed by atoms with van der Waals surface area (Å²) in [5.74, 6) is 0.723. The zero-order valence-electron chi connectivity index (χ0n) is 12.4. The number of allylic oxidation sites excluding steroid dienone is 1. The van der Waals surface area contributed by atoms with Crippen molar-refractivity contribution in [1.29, 1.82) is 0 Å². The van der Waals surface area contributed by atoms with E-state index < -0.39 is 0 Å². The second-order valence-corrected chi connectivity index (χ2v) is 5.31. The normalized spacial score (nSPS) is 12.2. The molecule has 2 aromatic rings. The number of thiocarbonyl (C=S) groups is 1. The highest BCUT2D eigenvalue weighted by Gasteiger charge is 2.20. The molecule has 6 heteroatoms. The van der Waals surface area contributed by atoms with Gasteiger partial charge in [0.05, 0.1) is 12.8 Å². The monoisotopic (exact) mass is 325 g/mol. The van der Waals surface area contributed by atoms with E-state index in [1.807, 2.05) is 42.5 Å². The highest BCUT2D eigenvalue weighted by Crippen LogP contribution is 2.24. The van der Waals surface area contributed by atoms with Crippen LogP contribution < -0.4 is 20.9 Å². The van der Waals surface area contributed by atoms with Gasteiger partial charge in [-0.05, 0) is 24.4 Å². The summed E-state index contributed by atoms with van der Waals surface area (Å²) in [6, 6.07) is 14.9. The van der Waals surface area contributed by atoms with Crippen molar-refractivity contribution in [2.24, 2.45) is 0 Å². The van der Waals surface area contributed by atoms with Gasteiger partial charge in [-0.25, -0.2) is 0 Å². The topological polar surface area (TPSA) is 62.4 Å². The summed E-state index contributed by atoms with van der Waals surface area (Å²) in [7, 11) is 1.61. The molecule has 0 unspecified atom stereocenters. The smallest absolute Gasteiger partial charge is 0.189 e. The number of hydrogen-bond donors (Lipinski definition) is 3. The lowest BCUT2D eigenvalue weighted by molar-refractivity contribution is 0.105. The van der Waals surface area contributed by atoms with Crippen molar-refractivity contribution in [1.82, 2.24) is 10.9 Å². The van der Waals surface area contributed by atoms with Gasteiger partial charge < -0.3 is 10.1 Å². The number of nitrogens with one attached hydrogen (secondary N) is 3. The van der Waals surface area contributed by atoms with E-state index in [-0.39, 0.29) is 5.78 Å². The first-order valence-corrected chi connectivity index (χ1v) is 7.40. The van der Waals surface area contributed by atoms with Crippen molar-refractivity contribution >= 4 is 34.5 Å². The lowest BCUT2D eigenvalue weighted by Crippen LogP contribution is -2.38. The van der Waals surface area contributed by atoms with Gasteiger partial charge >= 0.3 is 0 Å². The SMILES string of the molecule is COc1cccc(NC(=S)NNC2=CC(=O)c3ccccc32)c1. The Morgan fingerprint density at radius 1 is 1.09 bits per heavy atom. The molecule has 5 nitrogen and oxygen atoms in total. The van der Waals surface area contributed by atoms with Gasteiger partial charge in [0.2, 0.25) is 0 Å². The van der Waals surface area contributed by atoms with Crippen LogP contribution >= 0.6 is 12.2 Å². The van der Waals surface area contributed by atoms with Crippen LogP contribution in [0.5, 0.6) is 5.75 Å². The Hall–Kier alpha value is -2.86. The maximum Gasteiger partial charge on any atom is 0.189 e. The molecule has 3 rings (SSSR count). The molecule has 1 aliphatic carbocycles. The number of carbonyl (C=O) groups excluding carboxylic acids is 1. The summed E-state index contributed by atoms with van der Waals surface area (Å²) in [6.45, 7) is 0. The molecule has 0 aliphatic heterocycles. The lowest BCUT2D eigenvalue weighted by Gasteiger charge is -2.14. The van der Waals surface area contributed by atoms with Gasteiger partial charge in [0.15, 0.2) is 10.9 Å². The third-order valence-corrected chi connectivity index (χ3v) is 3.60. The first kappa shape index (κ1) is 15.1. The van der Waals surface area contributed by atoms with Gasteiger partial charge in [0.1, 0.15) is 5.75 Å². The van der Waals surface area contributed by atoms with Crippen LogP contribution in [0.1, 0.15) is 15.9 Å². The molecule has 3 N–H and O–H groups in total. The fraction of sp³-hybridized carbons (Fsp3) is 0.0588. The largest absolute Gasteiger partial charge is 0.497 e. The van der Waals surface area contributed by atoms with Gasteiger partial charge in [-0.15, -0.1) is 0 Å². The van der Waals surface area contributed by atoms with E-state index in [4.69, 9.17) is 17.0 Å². The molecule has 1 aliphatic rings. The average molecular weight is 325 g/mol. The Kier molecular flexibility index (Phi) is 4.25. The molecule has 0 bridgehead atoms. The number of carbonyl (C=O) groups is 1. The van der Waals surface area contributed by atoms with Gasteiger partial charge in [0.25, 0.3) is 0 Å². The third-order valence-electron chi connectivity index (χ3n) is 3.40. The predicted molar refractivity (Wildman–Crippen MR) is 94.2 cm³/mol. The van der Waals surface area contributed by atoms with Crippen molar-refractivity contribution < 1.29 is 9.53 Å². The number of rotatable bonds is 4. The number of fused-ring (bicyclic) bond motifs is 1. The van der Waals surface area contributed by atoms with Crippen LogP contribution in [0.15, 0.2) is 54.6 Å². The molecule has 0 atom stereocenters. The molecule has 23 heavy (non-hydrogen) atoms. The molecule has 0 saturated heterocycles. The molecule has 0 heterocycles. The average Bonchev–Trinajstić information content (AvgIpc) is 2.90. The quantitative estimate of drug-likeness (QED) is 0.593. The Bertz CT molecular complexity index is 802. The van der Waals surface area contributed by atoms with Gasteiger partial charge in [0, 0.05) is 29.0 Å². The summed E-state index contributed by atoms with van der Waals surface area (Å²) < 4.78 is 5.16. The van der Waals surface area contributed by atoms with E-state index in [1.54, 1.807) is 19.3 Å². The van der Waals surface area contributed by atoms with Crippen molar-refractivity contribution in [3.8, 4) is 5.75 Å². The number of hydrazine groups is 1. The highest BCUT2D eigenvalue weighted by molar-refractivity contribution is 7.80. The van der Waals surface area contributed by atoms with Crippen molar-refractivity contribution in [3.63, 3.8) is 0 Å². The molecule has 116 valence electrons. The summed E-state index contributed by atoms with van der Waals surface area (Å²) >= 11 is 5.24. The fourth-order valence-corrected chi connectivity index (χ4v) is 2.48. The Balaban J connectivity index is 1.62. The van der Waals surface area contributed by atoms with E-state index in [0.29, 0.717) is 16.4 Å². The Labute approximate surface area is 139 Å². The van der Waals surface area contributed by atoms with Crippen LogP contribution in [0.4, 0.5) is 5.69 Å². The summed E-state index contributed by atoms with van der Waals surface area (Å²) in [4.78, 5) is 11.9. The summed E-state index contributed by atoms with van der Waals surface area (Å²) in [5.41, 5.74) is 8.89. The summed E-state index contributed by atoms with van der Waals surface area (Å²) in [6.07, 6.45) is 1.55. The predicted octanol–water partition coefficient (Wildman–Crippen LogP) is 2.72. The van der Waals surface area contributed by atoms with Crippen molar-refractivity contribution in [2.75, 3.05) is 12.4 Å². The first-order chi connectivity index (χ1) is 11.2. The molecule has 0 amide bonds. The molecule has 0 fully saturated rings. The van der Waals surface area contributed by atoms with E-state index >= 15 is 0 Å². The standard InChI is InChI=1S/C17H15N3O2S/c1-22-12-6-4-5-11(9-12)18-17(23)20-19-15-10-16(21)14-8-3-2-7-13(14)15/h2-10,19H,1H3,(H2,18,20,23). The minimum absolute atomic E-state index is 0.0171. The Morgan fingerprint density at radius 2 is 1.87 bits per heavy atom. The van der Waals surface area contributed by atoms with E-state index in [2.05, 4.69) is 16.2 Å². The molecule has 2 aromatic carbocycles. The van der Waals surface area contributed by atoms with Gasteiger partial charge in [-0.1, -0.05) is 30.3 Å². The van der Waals surface area contributed by atoms with Gasteiger partial charge in [-0.2, -0.15) is 0 Å². The number of hydrogen-bond acceptors (Lipinski definition) is 4. The maximum absolute atomic E-state index is 11.9. The van der Waals surface area contributed by atoms with Crippen LogP contribution in [0.2, 0.25) is 0 Å². The zero-order valence-corrected chi connectivity index (χ0v) is 13.2. The molecular formula is C17H15N3O2S. The Morgan fingerprint density at radius 3 is 2.65 bits per heavy atom. The van der Waals surface area contributed by atoms with Crippen LogP contribution in [0.25, 0.3) is 5.70 Å². The minimum Gasteiger partial charge on any atom is -0.497 e. The fourth-order valence-electron chi connectivity index (χ4n) is 2.31. The van der Waals surface area contributed by atoms with E-state index in [0.717, 1.165) is 17.0 Å². The first-order valence-electron chi connectivity index (χ1n) is 7.00. The molecular weight excluding hydrogens is 310 g/mol. The number of ether oxygens (including phenoxy) is 1. The van der Waals surface area contributed by atoms with Gasteiger partial charge in [-0.3, -0.25) is 15.6 Å². The minimum atomic E-state index is -0.0171. The van der Waals surface area contributed by atoms with Crippen LogP contribution in [0.3, 0.4) is 0 Å². The molecule has 0 aromatic heterocycles. The second-order valence-electron chi connectivity index (χ2n) is 4.90. The second kappa shape index (κ2) is 6.50. The molecule has 0 radical (unpaired) electrons. The number of ketones is 1. The molecule has 0 saturated carbocycles. The van der Waals surface area contributed by atoms with Crippen molar-refractivity contribution in [3.05, 3.63) is 65.7 Å². The maximum atomic E-state index is 11.9. The lowest BCUT2D eigenvalue weighted by atomic mass is 10.1. The van der Waals surface area contributed by atoms with Crippen LogP contribution in [0, 0.1) is 0 Å². The number of anilines is 1. The zero-order chi connectivity index (χ0) is 16.2. The van der Waals surface area contributed by atoms with Crippen LogP contribution in [-0.4, -0.2) is 18.0 Å². The van der Waals surface area contributed by atoms with Crippen LogP contribution in [-0.2, 0) is 0 Å². The van der Waals surface area contributed by atoms with E-state index in [1.165, 1.54) is 0 Å². The summed E-state index contributed by atoms with van der Waals surface area (Å²) in [5, 5.41) is 3.43. The molecule has 0 spiro atoms. The number of methoxy groups -OCH3 is 1. The highest BCUT2D eigenvalue weighted by atomic mass is 32.1.